The molecule has 5 nitrogen and oxygen atoms in total. The minimum atomic E-state index is -4.84. The Labute approximate surface area is 192 Å². The average molecular weight is 497 g/mol. The van der Waals surface area contributed by atoms with E-state index in [4.69, 9.17) is 0 Å². The Bertz CT molecular complexity index is 1380. The third-order valence-corrected chi connectivity index (χ3v) is 4.88. The molecule has 1 aromatic heterocycles. The van der Waals surface area contributed by atoms with Crippen LogP contribution in [0.2, 0.25) is 0 Å². The van der Waals surface area contributed by atoms with Gasteiger partial charge in [0.1, 0.15) is 11.6 Å². The number of nitrogens with one attached hydrogen (secondary N) is 3. The molecule has 0 fully saturated rings. The van der Waals surface area contributed by atoms with Gasteiger partial charge in [0.25, 0.3) is 0 Å². The lowest BCUT2D eigenvalue weighted by atomic mass is 10.0. The maximum atomic E-state index is 13.8. The number of amides is 2. The molecule has 3 aromatic carbocycles. The Balaban J connectivity index is 1.49. The average Bonchev–Trinajstić information content (AvgIpc) is 3.17. The van der Waals surface area contributed by atoms with Gasteiger partial charge < -0.3 is 20.4 Å². The molecule has 0 atom stereocenters. The topological polar surface area (TPSA) is 66.2 Å². The summed E-state index contributed by atoms with van der Waals surface area (Å²) in [6.45, 7) is 0. The molecule has 12 heteroatoms. The summed E-state index contributed by atoms with van der Waals surface area (Å²) in [5.74, 6) is -1.43. The molecule has 0 spiro atoms. The molecule has 0 radical (unpaired) electrons. The summed E-state index contributed by atoms with van der Waals surface area (Å²) in [6.07, 6.45) is -7.96. The molecule has 0 aliphatic carbocycles. The summed E-state index contributed by atoms with van der Waals surface area (Å²) >= 11 is 0. The lowest BCUT2D eigenvalue weighted by Crippen LogP contribution is -2.20. The van der Waals surface area contributed by atoms with Crippen molar-refractivity contribution in [3.8, 4) is 16.9 Å². The fourth-order valence-electron chi connectivity index (χ4n) is 3.35. The number of ether oxygens (including phenoxy) is 1. The summed E-state index contributed by atoms with van der Waals surface area (Å²) in [5, 5.41) is 4.86. The van der Waals surface area contributed by atoms with E-state index in [2.05, 4.69) is 15.0 Å². The second-order valence-electron chi connectivity index (χ2n) is 7.31. The molecule has 4 aromatic rings. The van der Waals surface area contributed by atoms with Crippen LogP contribution in [0.25, 0.3) is 22.0 Å². The van der Waals surface area contributed by atoms with Gasteiger partial charge in [0.2, 0.25) is 0 Å². The van der Waals surface area contributed by atoms with Crippen molar-refractivity contribution in [3.05, 3.63) is 78.2 Å². The van der Waals surface area contributed by atoms with Gasteiger partial charge in [-0.2, -0.15) is 13.2 Å². The molecule has 1 heterocycles. The highest BCUT2D eigenvalue weighted by atomic mass is 19.4. The van der Waals surface area contributed by atoms with Crippen LogP contribution in [0.1, 0.15) is 5.56 Å². The van der Waals surface area contributed by atoms with Crippen LogP contribution in [0.4, 0.5) is 46.9 Å². The molecule has 35 heavy (non-hydrogen) atoms. The van der Waals surface area contributed by atoms with Crippen molar-refractivity contribution in [3.63, 3.8) is 0 Å². The normalized spacial score (nSPS) is 12.0. The first-order chi connectivity index (χ1) is 16.4. The van der Waals surface area contributed by atoms with Crippen LogP contribution in [0.3, 0.4) is 0 Å². The Morgan fingerprint density at radius 1 is 0.857 bits per heavy atom. The van der Waals surface area contributed by atoms with Crippen molar-refractivity contribution < 1.29 is 40.3 Å². The number of aromatic nitrogens is 1. The predicted octanol–water partition coefficient (Wildman–Crippen LogP) is 7.54. The molecule has 182 valence electrons. The number of H-pyrrole nitrogens is 1. The van der Waals surface area contributed by atoms with E-state index in [9.17, 15) is 35.5 Å². The zero-order valence-electron chi connectivity index (χ0n) is 17.3. The third kappa shape index (κ3) is 5.65. The molecular weight excluding hydrogens is 483 g/mol. The first-order valence-electron chi connectivity index (χ1n) is 9.81. The highest BCUT2D eigenvalue weighted by Crippen LogP contribution is 2.34. The van der Waals surface area contributed by atoms with Crippen LogP contribution in [0.5, 0.6) is 5.75 Å². The number of carbonyl (C=O) groups is 1. The first-order valence-corrected chi connectivity index (χ1v) is 9.81. The molecule has 0 bridgehead atoms. The number of aromatic amines is 1. The first kappa shape index (κ1) is 23.9. The third-order valence-electron chi connectivity index (χ3n) is 4.88. The highest BCUT2D eigenvalue weighted by molar-refractivity contribution is 6.00. The molecule has 0 aliphatic rings. The molecule has 0 unspecified atom stereocenters. The van der Waals surface area contributed by atoms with Crippen molar-refractivity contribution in [2.24, 2.45) is 0 Å². The minimum Gasteiger partial charge on any atom is -0.406 e. The fourth-order valence-corrected chi connectivity index (χ4v) is 3.35. The maximum Gasteiger partial charge on any atom is 0.573 e. The largest absolute Gasteiger partial charge is 0.573 e. The number of carbonyl (C=O) groups excluding carboxylic acids is 1. The molecule has 0 saturated heterocycles. The SMILES string of the molecule is O=C(Nc1ccc(-c2c[nH]c3ccc(OC(F)(F)F)cc23)cc1)Nc1cc(C(F)(F)F)ccc1F. The van der Waals surface area contributed by atoms with Crippen LogP contribution in [0, 0.1) is 5.82 Å². The monoisotopic (exact) mass is 497 g/mol. The van der Waals surface area contributed by atoms with Crippen molar-refractivity contribution >= 4 is 28.3 Å². The number of hydrogen-bond donors (Lipinski definition) is 3. The molecule has 4 rings (SSSR count). The van der Waals surface area contributed by atoms with Crippen LogP contribution in [-0.2, 0) is 6.18 Å². The van der Waals surface area contributed by atoms with E-state index >= 15 is 0 Å². The summed E-state index contributed by atoms with van der Waals surface area (Å²) in [6, 6.07) is 10.6. The fraction of sp³-hybridized carbons (Fsp3) is 0.0870. The number of benzene rings is 3. The van der Waals surface area contributed by atoms with Crippen LogP contribution < -0.4 is 15.4 Å². The van der Waals surface area contributed by atoms with Crippen molar-refractivity contribution in [2.45, 2.75) is 12.5 Å². The number of alkyl halides is 6. The summed E-state index contributed by atoms with van der Waals surface area (Å²) in [7, 11) is 0. The number of rotatable bonds is 4. The van der Waals surface area contributed by atoms with Crippen molar-refractivity contribution in [1.82, 2.24) is 4.98 Å². The number of hydrogen-bond acceptors (Lipinski definition) is 2. The van der Waals surface area contributed by atoms with Gasteiger partial charge in [-0.1, -0.05) is 12.1 Å². The highest BCUT2D eigenvalue weighted by Gasteiger charge is 2.32. The Hall–Kier alpha value is -4.22. The molecular formula is C23H14F7N3O2. The van der Waals surface area contributed by atoms with Gasteiger partial charge in [0, 0.05) is 28.4 Å². The van der Waals surface area contributed by atoms with E-state index < -0.39 is 35.6 Å². The van der Waals surface area contributed by atoms with Crippen molar-refractivity contribution in [1.29, 1.82) is 0 Å². The zero-order valence-corrected chi connectivity index (χ0v) is 17.3. The van der Waals surface area contributed by atoms with Crippen molar-refractivity contribution in [2.75, 3.05) is 10.6 Å². The number of anilines is 2. The van der Waals surface area contributed by atoms with Gasteiger partial charge in [0.05, 0.1) is 11.3 Å². The maximum absolute atomic E-state index is 13.8. The predicted molar refractivity (Wildman–Crippen MR) is 114 cm³/mol. The zero-order chi connectivity index (χ0) is 25.4. The van der Waals surface area contributed by atoms with E-state index in [-0.39, 0.29) is 11.4 Å². The van der Waals surface area contributed by atoms with E-state index in [1.807, 2.05) is 5.32 Å². The van der Waals surface area contributed by atoms with Crippen LogP contribution >= 0.6 is 0 Å². The summed E-state index contributed by atoms with van der Waals surface area (Å²) in [5.41, 5.74) is 0.189. The van der Waals surface area contributed by atoms with Crippen LogP contribution in [-0.4, -0.2) is 17.4 Å². The van der Waals surface area contributed by atoms with Gasteiger partial charge in [0.15, 0.2) is 0 Å². The van der Waals surface area contributed by atoms with Gasteiger partial charge in [-0.3, -0.25) is 0 Å². The Kier molecular flexibility index (Phi) is 6.05. The number of urea groups is 1. The van der Waals surface area contributed by atoms with E-state index in [0.29, 0.717) is 40.2 Å². The van der Waals surface area contributed by atoms with Crippen LogP contribution in [0.15, 0.2) is 66.9 Å². The number of fused-ring (bicyclic) bond motifs is 1. The molecule has 2 amide bonds. The van der Waals surface area contributed by atoms with E-state index in [1.165, 1.54) is 30.3 Å². The van der Waals surface area contributed by atoms with Gasteiger partial charge in [-0.25, -0.2) is 9.18 Å². The molecule has 0 saturated carbocycles. The summed E-state index contributed by atoms with van der Waals surface area (Å²) < 4.78 is 93.8. The quantitative estimate of drug-likeness (QED) is 0.255. The molecule has 0 aliphatic heterocycles. The second-order valence-corrected chi connectivity index (χ2v) is 7.31. The Morgan fingerprint density at radius 3 is 2.23 bits per heavy atom. The van der Waals surface area contributed by atoms with Gasteiger partial charge >= 0.3 is 18.6 Å². The second kappa shape index (κ2) is 8.85. The van der Waals surface area contributed by atoms with E-state index in [1.54, 1.807) is 18.3 Å². The standard InChI is InChI=1S/C23H14F7N3O2/c24-18-7-3-13(22(25,26)27)9-20(18)33-21(34)32-14-4-1-12(2-5-14)17-11-31-19-8-6-15(10-16(17)19)35-23(28,29)30/h1-11,31H,(H2,32,33,34). The lowest BCUT2D eigenvalue weighted by Gasteiger charge is -2.12. The number of halogens is 7. The Morgan fingerprint density at radius 2 is 1.57 bits per heavy atom. The van der Waals surface area contributed by atoms with Gasteiger partial charge in [-0.05, 0) is 54.1 Å². The van der Waals surface area contributed by atoms with Gasteiger partial charge in [-0.15, -0.1) is 13.2 Å². The smallest absolute Gasteiger partial charge is 0.406 e. The minimum absolute atomic E-state index is 0.236. The summed E-state index contributed by atoms with van der Waals surface area (Å²) in [4.78, 5) is 15.1. The lowest BCUT2D eigenvalue weighted by molar-refractivity contribution is -0.274. The van der Waals surface area contributed by atoms with E-state index in [0.717, 1.165) is 0 Å². The molecule has 3 N–H and O–H groups in total.